The average Bonchev–Trinajstić information content (AvgIpc) is 2.88. The molecule has 0 spiro atoms. The largest absolute Gasteiger partial charge is 0.356 e. The third kappa shape index (κ3) is 1.61. The van der Waals surface area contributed by atoms with E-state index in [-0.39, 0.29) is 11.8 Å². The van der Waals surface area contributed by atoms with Gasteiger partial charge in [0.1, 0.15) is 0 Å². The van der Waals surface area contributed by atoms with Crippen molar-refractivity contribution in [3.05, 3.63) is 35.2 Å². The van der Waals surface area contributed by atoms with Crippen LogP contribution in [0.4, 0.5) is 0 Å². The lowest BCUT2D eigenvalue weighted by molar-refractivity contribution is -0.122. The van der Waals surface area contributed by atoms with E-state index in [1.54, 1.807) is 11.3 Å². The molecule has 1 unspecified atom stereocenters. The van der Waals surface area contributed by atoms with E-state index >= 15 is 0 Å². The van der Waals surface area contributed by atoms with Gasteiger partial charge in [-0.05, 0) is 35.2 Å². The monoisotopic (exact) mass is 231 g/mol. The highest BCUT2D eigenvalue weighted by molar-refractivity contribution is 7.17. The standard InChI is InChI=1S/C13H13NOS/c15-13-9(5-6-14-13)7-10-8-16-12-4-2-1-3-11(10)12/h1-4,8-9H,5-7H2,(H,14,15). The first kappa shape index (κ1) is 9.85. The summed E-state index contributed by atoms with van der Waals surface area (Å²) in [5.74, 6) is 0.397. The van der Waals surface area contributed by atoms with Gasteiger partial charge in [0.25, 0.3) is 0 Å². The summed E-state index contributed by atoms with van der Waals surface area (Å²) in [5.41, 5.74) is 1.32. The first-order chi connectivity index (χ1) is 7.84. The number of nitrogens with one attached hydrogen (secondary N) is 1. The second-order valence-corrected chi connectivity index (χ2v) is 5.15. The summed E-state index contributed by atoms with van der Waals surface area (Å²) in [6.07, 6.45) is 1.86. The van der Waals surface area contributed by atoms with Crippen LogP contribution in [-0.4, -0.2) is 12.5 Å². The predicted octanol–water partition coefficient (Wildman–Crippen LogP) is 2.58. The fraction of sp³-hybridized carbons (Fsp3) is 0.308. The predicted molar refractivity (Wildman–Crippen MR) is 66.6 cm³/mol. The summed E-state index contributed by atoms with van der Waals surface area (Å²) < 4.78 is 1.32. The molecule has 0 radical (unpaired) electrons. The Kier molecular flexibility index (Phi) is 2.40. The van der Waals surface area contributed by atoms with Crippen LogP contribution < -0.4 is 5.32 Å². The van der Waals surface area contributed by atoms with Gasteiger partial charge in [0.05, 0.1) is 0 Å². The molecule has 0 saturated carbocycles. The van der Waals surface area contributed by atoms with Crippen molar-refractivity contribution in [1.29, 1.82) is 0 Å². The van der Waals surface area contributed by atoms with Gasteiger partial charge >= 0.3 is 0 Å². The third-order valence-corrected chi connectivity index (χ3v) is 4.20. The summed E-state index contributed by atoms with van der Waals surface area (Å²) in [4.78, 5) is 11.5. The Morgan fingerprint density at radius 3 is 3.06 bits per heavy atom. The van der Waals surface area contributed by atoms with Gasteiger partial charge in [-0.25, -0.2) is 0 Å². The maximum atomic E-state index is 11.5. The van der Waals surface area contributed by atoms with Gasteiger partial charge in [-0.3, -0.25) is 4.79 Å². The van der Waals surface area contributed by atoms with Crippen LogP contribution in [0.3, 0.4) is 0 Å². The van der Waals surface area contributed by atoms with E-state index < -0.39 is 0 Å². The molecule has 82 valence electrons. The molecule has 0 aliphatic carbocycles. The van der Waals surface area contributed by atoms with Gasteiger partial charge in [0.2, 0.25) is 5.91 Å². The number of amides is 1. The zero-order valence-corrected chi connectivity index (χ0v) is 9.72. The molecule has 1 aromatic carbocycles. The van der Waals surface area contributed by atoms with E-state index in [1.165, 1.54) is 15.6 Å². The van der Waals surface area contributed by atoms with Crippen LogP contribution in [0.2, 0.25) is 0 Å². The van der Waals surface area contributed by atoms with Gasteiger partial charge in [-0.1, -0.05) is 18.2 Å². The van der Waals surface area contributed by atoms with Crippen molar-refractivity contribution in [3.63, 3.8) is 0 Å². The van der Waals surface area contributed by atoms with E-state index in [1.807, 2.05) is 0 Å². The first-order valence-corrected chi connectivity index (χ1v) is 6.45. The number of thiophene rings is 1. The highest BCUT2D eigenvalue weighted by Crippen LogP contribution is 2.28. The zero-order chi connectivity index (χ0) is 11.0. The van der Waals surface area contributed by atoms with E-state index in [0.29, 0.717) is 0 Å². The minimum Gasteiger partial charge on any atom is -0.356 e. The number of fused-ring (bicyclic) bond motifs is 1. The summed E-state index contributed by atoms with van der Waals surface area (Å²) in [5, 5.41) is 6.40. The van der Waals surface area contributed by atoms with Gasteiger partial charge in [0.15, 0.2) is 0 Å². The van der Waals surface area contributed by atoms with Crippen molar-refractivity contribution in [3.8, 4) is 0 Å². The van der Waals surface area contributed by atoms with Crippen molar-refractivity contribution in [1.82, 2.24) is 5.32 Å². The minimum atomic E-state index is 0.179. The summed E-state index contributed by atoms with van der Waals surface area (Å²) in [7, 11) is 0. The molecule has 1 fully saturated rings. The summed E-state index contributed by atoms with van der Waals surface area (Å²) in [6, 6.07) is 8.41. The third-order valence-electron chi connectivity index (χ3n) is 3.19. The Hall–Kier alpha value is -1.35. The SMILES string of the molecule is O=C1NCCC1Cc1csc2ccccc12. The summed E-state index contributed by atoms with van der Waals surface area (Å²) in [6.45, 7) is 0.839. The number of hydrogen-bond donors (Lipinski definition) is 1. The smallest absolute Gasteiger partial charge is 0.223 e. The first-order valence-electron chi connectivity index (χ1n) is 5.57. The van der Waals surface area contributed by atoms with Crippen molar-refractivity contribution in [2.24, 2.45) is 5.92 Å². The molecule has 2 heterocycles. The Labute approximate surface area is 98.3 Å². The number of carbonyl (C=O) groups excluding carboxylic acids is 1. The Morgan fingerprint density at radius 1 is 1.38 bits per heavy atom. The van der Waals surface area contributed by atoms with Crippen molar-refractivity contribution >= 4 is 27.3 Å². The average molecular weight is 231 g/mol. The molecule has 2 nitrogen and oxygen atoms in total. The molecule has 1 saturated heterocycles. The van der Waals surface area contributed by atoms with Crippen LogP contribution in [0.1, 0.15) is 12.0 Å². The van der Waals surface area contributed by atoms with E-state index in [4.69, 9.17) is 0 Å². The lowest BCUT2D eigenvalue weighted by atomic mass is 9.98. The van der Waals surface area contributed by atoms with Crippen LogP contribution >= 0.6 is 11.3 Å². The molecule has 1 aromatic heterocycles. The Bertz CT molecular complexity index is 531. The van der Waals surface area contributed by atoms with Gasteiger partial charge < -0.3 is 5.32 Å². The number of rotatable bonds is 2. The highest BCUT2D eigenvalue weighted by Gasteiger charge is 2.24. The molecule has 3 heteroatoms. The van der Waals surface area contributed by atoms with Gasteiger partial charge in [-0.15, -0.1) is 11.3 Å². The molecule has 2 aromatic rings. The van der Waals surface area contributed by atoms with Gasteiger partial charge in [-0.2, -0.15) is 0 Å². The van der Waals surface area contributed by atoms with Crippen LogP contribution in [0.5, 0.6) is 0 Å². The number of hydrogen-bond acceptors (Lipinski definition) is 2. The summed E-state index contributed by atoms with van der Waals surface area (Å²) >= 11 is 1.77. The van der Waals surface area contributed by atoms with Crippen LogP contribution in [0.25, 0.3) is 10.1 Å². The minimum absolute atomic E-state index is 0.179. The second-order valence-electron chi connectivity index (χ2n) is 4.24. The molecule has 1 N–H and O–H groups in total. The normalized spacial score (nSPS) is 20.2. The maximum Gasteiger partial charge on any atom is 0.223 e. The molecular formula is C13H13NOS. The van der Waals surface area contributed by atoms with E-state index in [0.717, 1.165) is 19.4 Å². The lowest BCUT2D eigenvalue weighted by Crippen LogP contribution is -2.20. The molecule has 3 rings (SSSR count). The van der Waals surface area contributed by atoms with E-state index in [9.17, 15) is 4.79 Å². The highest BCUT2D eigenvalue weighted by atomic mass is 32.1. The van der Waals surface area contributed by atoms with Crippen molar-refractivity contribution in [2.45, 2.75) is 12.8 Å². The molecule has 1 amide bonds. The molecule has 1 aliphatic heterocycles. The topological polar surface area (TPSA) is 29.1 Å². The molecule has 1 aliphatic rings. The Balaban J connectivity index is 1.92. The van der Waals surface area contributed by atoms with Crippen LogP contribution in [-0.2, 0) is 11.2 Å². The van der Waals surface area contributed by atoms with Gasteiger partial charge in [0, 0.05) is 17.2 Å². The molecule has 16 heavy (non-hydrogen) atoms. The second kappa shape index (κ2) is 3.91. The van der Waals surface area contributed by atoms with Crippen LogP contribution in [0, 0.1) is 5.92 Å². The fourth-order valence-corrected chi connectivity index (χ4v) is 3.27. The molecular weight excluding hydrogens is 218 g/mol. The number of benzene rings is 1. The van der Waals surface area contributed by atoms with Crippen molar-refractivity contribution in [2.75, 3.05) is 6.54 Å². The Morgan fingerprint density at radius 2 is 2.25 bits per heavy atom. The fourth-order valence-electron chi connectivity index (χ4n) is 2.30. The lowest BCUT2D eigenvalue weighted by Gasteiger charge is -2.05. The maximum absolute atomic E-state index is 11.5. The van der Waals surface area contributed by atoms with E-state index in [2.05, 4.69) is 35.0 Å². The quantitative estimate of drug-likeness (QED) is 0.845. The molecule has 0 bridgehead atoms. The zero-order valence-electron chi connectivity index (χ0n) is 8.90. The number of carbonyl (C=O) groups is 1. The molecule has 1 atom stereocenters. The van der Waals surface area contributed by atoms with Crippen molar-refractivity contribution < 1.29 is 4.79 Å². The van der Waals surface area contributed by atoms with Crippen LogP contribution in [0.15, 0.2) is 29.6 Å².